The fraction of sp³-hybridized carbons (Fsp3) is 0.136. The summed E-state index contributed by atoms with van der Waals surface area (Å²) in [5.74, 6) is 0.268. The summed E-state index contributed by atoms with van der Waals surface area (Å²) >= 11 is 6.03. The molecule has 0 aliphatic rings. The molecule has 0 aromatic heterocycles. The predicted molar refractivity (Wildman–Crippen MR) is 119 cm³/mol. The smallest absolute Gasteiger partial charge is 0.261 e. The topological polar surface area (TPSA) is 84.5 Å². The molecule has 0 fully saturated rings. The lowest BCUT2D eigenvalue weighted by Crippen LogP contribution is -2.16. The largest absolute Gasteiger partial charge is 0.491 e. The van der Waals surface area contributed by atoms with Gasteiger partial charge >= 0.3 is 0 Å². The first-order valence-corrected chi connectivity index (χ1v) is 11.1. The van der Waals surface area contributed by atoms with Crippen molar-refractivity contribution >= 4 is 38.9 Å². The molecule has 30 heavy (non-hydrogen) atoms. The maximum absolute atomic E-state index is 12.7. The van der Waals surface area contributed by atoms with E-state index in [4.69, 9.17) is 16.3 Å². The number of para-hydroxylation sites is 1. The highest BCUT2D eigenvalue weighted by Gasteiger charge is 2.18. The van der Waals surface area contributed by atoms with Gasteiger partial charge in [-0.1, -0.05) is 29.8 Å². The maximum Gasteiger partial charge on any atom is 0.261 e. The van der Waals surface area contributed by atoms with E-state index in [2.05, 4.69) is 10.0 Å². The number of halogens is 1. The van der Waals surface area contributed by atoms with Crippen LogP contribution < -0.4 is 14.8 Å². The lowest BCUT2D eigenvalue weighted by molar-refractivity contribution is 0.102. The molecular formula is C22H21ClN2O4S. The molecule has 2 N–H and O–H groups in total. The first kappa shape index (κ1) is 21.7. The summed E-state index contributed by atoms with van der Waals surface area (Å²) < 4.78 is 33.4. The van der Waals surface area contributed by atoms with Gasteiger partial charge in [0.15, 0.2) is 0 Å². The molecule has 8 heteroatoms. The SMILES string of the molecule is CC(C)Oc1ccc(NC(=O)c2cccc(S(=O)(=O)Nc3ccccc3Cl)c2)cc1. The Labute approximate surface area is 180 Å². The van der Waals surface area contributed by atoms with Crippen molar-refractivity contribution < 1.29 is 17.9 Å². The molecule has 0 bridgehead atoms. The summed E-state index contributed by atoms with van der Waals surface area (Å²) in [5, 5.41) is 3.02. The molecule has 1 amide bonds. The van der Waals surface area contributed by atoms with E-state index in [1.165, 1.54) is 18.2 Å². The molecule has 0 aliphatic heterocycles. The van der Waals surface area contributed by atoms with Gasteiger partial charge in [0.25, 0.3) is 15.9 Å². The van der Waals surface area contributed by atoms with Crippen molar-refractivity contribution in [3.63, 3.8) is 0 Å². The average molecular weight is 445 g/mol. The molecule has 0 aliphatic carbocycles. The third-order valence-corrected chi connectivity index (χ3v) is 5.70. The summed E-state index contributed by atoms with van der Waals surface area (Å²) in [4.78, 5) is 12.5. The fourth-order valence-electron chi connectivity index (χ4n) is 2.64. The fourth-order valence-corrected chi connectivity index (χ4v) is 4.01. The highest BCUT2D eigenvalue weighted by atomic mass is 35.5. The molecule has 3 aromatic carbocycles. The van der Waals surface area contributed by atoms with Gasteiger partial charge in [-0.2, -0.15) is 0 Å². The van der Waals surface area contributed by atoms with Crippen LogP contribution >= 0.6 is 11.6 Å². The summed E-state index contributed by atoms with van der Waals surface area (Å²) in [6.45, 7) is 3.86. The molecule has 0 saturated carbocycles. The monoisotopic (exact) mass is 444 g/mol. The second kappa shape index (κ2) is 9.19. The predicted octanol–water partition coefficient (Wildman–Crippen LogP) is 5.18. The van der Waals surface area contributed by atoms with Gasteiger partial charge in [0.1, 0.15) is 5.75 Å². The van der Waals surface area contributed by atoms with E-state index < -0.39 is 15.9 Å². The quantitative estimate of drug-likeness (QED) is 0.525. The second-order valence-corrected chi connectivity index (χ2v) is 8.85. The van der Waals surface area contributed by atoms with Crippen LogP contribution in [0.3, 0.4) is 0 Å². The molecule has 0 atom stereocenters. The van der Waals surface area contributed by atoms with Crippen LogP contribution in [0.2, 0.25) is 5.02 Å². The van der Waals surface area contributed by atoms with Gasteiger partial charge in [-0.25, -0.2) is 8.42 Å². The van der Waals surface area contributed by atoms with Crippen molar-refractivity contribution in [2.75, 3.05) is 10.0 Å². The third kappa shape index (κ3) is 5.52. The van der Waals surface area contributed by atoms with Crippen molar-refractivity contribution in [3.05, 3.63) is 83.4 Å². The zero-order chi connectivity index (χ0) is 21.7. The zero-order valence-electron chi connectivity index (χ0n) is 16.4. The Morgan fingerprint density at radius 2 is 1.67 bits per heavy atom. The van der Waals surface area contributed by atoms with Gasteiger partial charge in [0.05, 0.1) is 21.7 Å². The van der Waals surface area contributed by atoms with Crippen molar-refractivity contribution in [2.45, 2.75) is 24.8 Å². The van der Waals surface area contributed by atoms with Crippen LogP contribution in [0, 0.1) is 0 Å². The molecule has 6 nitrogen and oxygen atoms in total. The van der Waals surface area contributed by atoms with E-state index >= 15 is 0 Å². The molecule has 156 valence electrons. The number of nitrogens with one attached hydrogen (secondary N) is 2. The van der Waals surface area contributed by atoms with Crippen molar-refractivity contribution in [1.82, 2.24) is 0 Å². The van der Waals surface area contributed by atoms with Crippen LogP contribution in [-0.4, -0.2) is 20.4 Å². The Balaban J connectivity index is 1.76. The van der Waals surface area contributed by atoms with E-state index in [0.717, 1.165) is 0 Å². The van der Waals surface area contributed by atoms with Crippen molar-refractivity contribution in [3.8, 4) is 5.75 Å². The minimum Gasteiger partial charge on any atom is -0.491 e. The lowest BCUT2D eigenvalue weighted by Gasteiger charge is -2.12. The number of carbonyl (C=O) groups excluding carboxylic acids is 1. The summed E-state index contributed by atoms with van der Waals surface area (Å²) in [6, 6.07) is 19.2. The normalized spacial score (nSPS) is 11.2. The van der Waals surface area contributed by atoms with E-state index in [1.54, 1.807) is 54.6 Å². The zero-order valence-corrected chi connectivity index (χ0v) is 18.0. The molecular weight excluding hydrogens is 424 g/mol. The number of carbonyl (C=O) groups is 1. The first-order chi connectivity index (χ1) is 14.2. The molecule has 0 unspecified atom stereocenters. The number of sulfonamides is 1. The van der Waals surface area contributed by atoms with Crippen LogP contribution in [0.15, 0.2) is 77.7 Å². The maximum atomic E-state index is 12.7. The molecule has 0 saturated heterocycles. The van der Waals surface area contributed by atoms with E-state index in [0.29, 0.717) is 11.4 Å². The molecule has 3 aromatic rings. The lowest BCUT2D eigenvalue weighted by atomic mass is 10.2. The number of amides is 1. The number of ether oxygens (including phenoxy) is 1. The highest BCUT2D eigenvalue weighted by Crippen LogP contribution is 2.24. The van der Waals surface area contributed by atoms with Gasteiger partial charge in [0, 0.05) is 11.3 Å². The Morgan fingerprint density at radius 3 is 2.33 bits per heavy atom. The Bertz CT molecular complexity index is 1150. The van der Waals surface area contributed by atoms with Crippen molar-refractivity contribution in [2.24, 2.45) is 0 Å². The Hall–Kier alpha value is -3.03. The average Bonchev–Trinajstić information content (AvgIpc) is 2.71. The van der Waals surface area contributed by atoms with Gasteiger partial charge < -0.3 is 10.1 Å². The van der Waals surface area contributed by atoms with E-state index in [-0.39, 0.29) is 27.3 Å². The molecule has 0 spiro atoms. The summed E-state index contributed by atoms with van der Waals surface area (Å²) in [6.07, 6.45) is 0.0505. The van der Waals surface area contributed by atoms with Gasteiger partial charge in [0.2, 0.25) is 0 Å². The molecule has 3 rings (SSSR count). The standard InChI is InChI=1S/C22H21ClN2O4S/c1-15(2)29-18-12-10-17(11-13-18)24-22(26)16-6-5-7-19(14-16)30(27,28)25-21-9-4-3-8-20(21)23/h3-15,25H,1-2H3,(H,24,26). The number of hydrogen-bond acceptors (Lipinski definition) is 4. The third-order valence-electron chi connectivity index (χ3n) is 4.01. The number of hydrogen-bond donors (Lipinski definition) is 2. The number of rotatable bonds is 7. The van der Waals surface area contributed by atoms with E-state index in [1.807, 2.05) is 13.8 Å². The van der Waals surface area contributed by atoms with Crippen LogP contribution in [0.4, 0.5) is 11.4 Å². The van der Waals surface area contributed by atoms with Gasteiger partial charge in [-0.05, 0) is 68.4 Å². The van der Waals surface area contributed by atoms with Gasteiger partial charge in [-0.3, -0.25) is 9.52 Å². The summed E-state index contributed by atoms with van der Waals surface area (Å²) in [5.41, 5.74) is 1.04. The van der Waals surface area contributed by atoms with E-state index in [9.17, 15) is 13.2 Å². The Kier molecular flexibility index (Phi) is 6.64. The summed E-state index contributed by atoms with van der Waals surface area (Å²) in [7, 11) is -3.91. The minimum absolute atomic E-state index is 0.0456. The van der Waals surface area contributed by atoms with Crippen molar-refractivity contribution in [1.29, 1.82) is 0 Å². The van der Waals surface area contributed by atoms with Crippen LogP contribution in [0.1, 0.15) is 24.2 Å². The molecule has 0 radical (unpaired) electrons. The second-order valence-electron chi connectivity index (χ2n) is 6.76. The van der Waals surface area contributed by atoms with Crippen LogP contribution in [0.5, 0.6) is 5.75 Å². The minimum atomic E-state index is -3.91. The van der Waals surface area contributed by atoms with Crippen LogP contribution in [0.25, 0.3) is 0 Å². The van der Waals surface area contributed by atoms with Gasteiger partial charge in [-0.15, -0.1) is 0 Å². The van der Waals surface area contributed by atoms with Crippen LogP contribution in [-0.2, 0) is 10.0 Å². The number of benzene rings is 3. The highest BCUT2D eigenvalue weighted by molar-refractivity contribution is 7.92. The molecule has 0 heterocycles. The first-order valence-electron chi connectivity index (χ1n) is 9.20. The number of anilines is 2. The Morgan fingerprint density at radius 1 is 0.967 bits per heavy atom.